The maximum absolute atomic E-state index is 5.26. The van der Waals surface area contributed by atoms with Crippen molar-refractivity contribution in [1.82, 2.24) is 5.43 Å². The summed E-state index contributed by atoms with van der Waals surface area (Å²) in [4.78, 5) is 0. The summed E-state index contributed by atoms with van der Waals surface area (Å²) in [5.74, 6) is 0.771. The fraction of sp³-hybridized carbons (Fsp3) is 0.222. The number of anilines is 1. The summed E-state index contributed by atoms with van der Waals surface area (Å²) < 4.78 is 5.18. The molecule has 2 N–H and O–H groups in total. The van der Waals surface area contributed by atoms with E-state index in [0.29, 0.717) is 5.11 Å². The number of benzene rings is 2. The highest BCUT2D eigenvalue weighted by molar-refractivity contribution is 7.80. The molecule has 0 aliphatic carbocycles. The molecule has 4 nitrogen and oxygen atoms in total. The second-order valence-electron chi connectivity index (χ2n) is 5.29. The Kier molecular flexibility index (Phi) is 5.71. The standard InChI is InChI=1S/C18H21N3OS/c1-12-8-9-15(10-13(12)2)14(3)20-21-18(23)19-16-6-5-7-17(11-16)22-4/h5-11H,1-4H3,(H2,19,21,23)/b20-14+. The molecule has 0 heterocycles. The number of thiocarbonyl (C=S) groups is 1. The van der Waals surface area contributed by atoms with Gasteiger partial charge in [-0.05, 0) is 67.9 Å². The van der Waals surface area contributed by atoms with Gasteiger partial charge in [-0.1, -0.05) is 18.2 Å². The molecule has 2 aromatic carbocycles. The first-order valence-electron chi connectivity index (χ1n) is 7.32. The number of ether oxygens (including phenoxy) is 1. The Balaban J connectivity index is 2.00. The highest BCUT2D eigenvalue weighted by Crippen LogP contribution is 2.16. The maximum Gasteiger partial charge on any atom is 0.191 e. The largest absolute Gasteiger partial charge is 0.497 e. The lowest BCUT2D eigenvalue weighted by molar-refractivity contribution is 0.415. The zero-order valence-electron chi connectivity index (χ0n) is 13.8. The molecule has 0 amide bonds. The third kappa shape index (κ3) is 4.79. The van der Waals surface area contributed by atoms with Gasteiger partial charge in [0.15, 0.2) is 5.11 Å². The van der Waals surface area contributed by atoms with Crippen LogP contribution in [-0.4, -0.2) is 17.9 Å². The number of aryl methyl sites for hydroxylation is 2. The van der Waals surface area contributed by atoms with Crippen molar-refractivity contribution in [2.45, 2.75) is 20.8 Å². The van der Waals surface area contributed by atoms with E-state index >= 15 is 0 Å². The van der Waals surface area contributed by atoms with Gasteiger partial charge < -0.3 is 10.1 Å². The average molecular weight is 327 g/mol. The first kappa shape index (κ1) is 17.0. The molecule has 0 unspecified atom stereocenters. The summed E-state index contributed by atoms with van der Waals surface area (Å²) in [6.07, 6.45) is 0. The van der Waals surface area contributed by atoms with Crippen LogP contribution in [-0.2, 0) is 0 Å². The van der Waals surface area contributed by atoms with Gasteiger partial charge in [0.05, 0.1) is 12.8 Å². The molecule has 0 aliphatic heterocycles. The van der Waals surface area contributed by atoms with Crippen LogP contribution >= 0.6 is 12.2 Å². The molecule has 5 heteroatoms. The Bertz CT molecular complexity index is 741. The maximum atomic E-state index is 5.26. The van der Waals surface area contributed by atoms with Crippen LogP contribution in [0, 0.1) is 13.8 Å². The number of hydrogen-bond acceptors (Lipinski definition) is 3. The second kappa shape index (κ2) is 7.74. The second-order valence-corrected chi connectivity index (χ2v) is 5.70. The molecule has 0 saturated heterocycles. The molecule has 120 valence electrons. The lowest BCUT2D eigenvalue weighted by Gasteiger charge is -2.10. The molecule has 0 spiro atoms. The van der Waals surface area contributed by atoms with Crippen LogP contribution in [0.2, 0.25) is 0 Å². The van der Waals surface area contributed by atoms with E-state index in [-0.39, 0.29) is 0 Å². The SMILES string of the molecule is COc1cccc(NC(=S)N/N=C(\C)c2ccc(C)c(C)c2)c1. The van der Waals surface area contributed by atoms with Gasteiger partial charge in [-0.25, -0.2) is 0 Å². The van der Waals surface area contributed by atoms with Crippen molar-refractivity contribution in [3.63, 3.8) is 0 Å². The zero-order valence-corrected chi connectivity index (χ0v) is 14.6. The van der Waals surface area contributed by atoms with Crippen LogP contribution < -0.4 is 15.5 Å². The molecule has 0 saturated carbocycles. The predicted molar refractivity (Wildman–Crippen MR) is 100 cm³/mol. The van der Waals surface area contributed by atoms with Crippen molar-refractivity contribution >= 4 is 28.7 Å². The predicted octanol–water partition coefficient (Wildman–Crippen LogP) is 4.02. The Morgan fingerprint density at radius 3 is 2.57 bits per heavy atom. The number of hydrogen-bond donors (Lipinski definition) is 2. The minimum atomic E-state index is 0.432. The van der Waals surface area contributed by atoms with E-state index in [0.717, 1.165) is 22.7 Å². The first-order chi connectivity index (χ1) is 11.0. The molecular formula is C18H21N3OS. The van der Waals surface area contributed by atoms with E-state index in [1.54, 1.807) is 7.11 Å². The van der Waals surface area contributed by atoms with Gasteiger partial charge in [0, 0.05) is 11.8 Å². The van der Waals surface area contributed by atoms with Gasteiger partial charge in [0.1, 0.15) is 5.75 Å². The zero-order chi connectivity index (χ0) is 16.8. The van der Waals surface area contributed by atoms with E-state index in [9.17, 15) is 0 Å². The van der Waals surface area contributed by atoms with Gasteiger partial charge >= 0.3 is 0 Å². The van der Waals surface area contributed by atoms with E-state index in [1.165, 1.54) is 11.1 Å². The van der Waals surface area contributed by atoms with Crippen molar-refractivity contribution in [2.24, 2.45) is 5.10 Å². The first-order valence-corrected chi connectivity index (χ1v) is 7.73. The van der Waals surface area contributed by atoms with E-state index in [1.807, 2.05) is 31.2 Å². The molecular weight excluding hydrogens is 306 g/mol. The number of nitrogens with one attached hydrogen (secondary N) is 2. The van der Waals surface area contributed by atoms with Gasteiger partial charge in [-0.3, -0.25) is 5.43 Å². The molecule has 2 rings (SSSR count). The summed E-state index contributed by atoms with van der Waals surface area (Å²) in [6, 6.07) is 13.8. The van der Waals surface area contributed by atoms with Crippen molar-refractivity contribution in [1.29, 1.82) is 0 Å². The van der Waals surface area contributed by atoms with Crippen molar-refractivity contribution in [3.05, 3.63) is 59.2 Å². The quantitative estimate of drug-likeness (QED) is 0.506. The number of hydrazone groups is 1. The Morgan fingerprint density at radius 2 is 1.87 bits per heavy atom. The summed E-state index contributed by atoms with van der Waals surface area (Å²) in [7, 11) is 1.63. The average Bonchev–Trinajstić information content (AvgIpc) is 2.55. The van der Waals surface area contributed by atoms with Crippen molar-refractivity contribution in [3.8, 4) is 5.75 Å². The monoisotopic (exact) mass is 327 g/mol. The summed E-state index contributed by atoms with van der Waals surface area (Å²) in [6.45, 7) is 6.14. The van der Waals surface area contributed by atoms with Crippen LogP contribution in [0.5, 0.6) is 5.75 Å². The van der Waals surface area contributed by atoms with Crippen LogP contribution in [0.3, 0.4) is 0 Å². The van der Waals surface area contributed by atoms with Crippen LogP contribution in [0.15, 0.2) is 47.6 Å². The highest BCUT2D eigenvalue weighted by atomic mass is 32.1. The molecule has 0 aliphatic rings. The number of rotatable bonds is 4. The molecule has 2 aromatic rings. The molecule has 0 fully saturated rings. The summed E-state index contributed by atoms with van der Waals surface area (Å²) in [5.41, 5.74) is 8.18. The lowest BCUT2D eigenvalue weighted by atomic mass is 10.0. The van der Waals surface area contributed by atoms with Gasteiger partial charge in [-0.2, -0.15) is 5.10 Å². The molecule has 0 radical (unpaired) electrons. The van der Waals surface area contributed by atoms with Crippen LogP contribution in [0.1, 0.15) is 23.6 Å². The number of methoxy groups -OCH3 is 1. The van der Waals surface area contributed by atoms with Gasteiger partial charge in [-0.15, -0.1) is 0 Å². The third-order valence-corrected chi connectivity index (χ3v) is 3.77. The number of nitrogens with zero attached hydrogens (tertiary/aromatic N) is 1. The van der Waals surface area contributed by atoms with Crippen molar-refractivity contribution < 1.29 is 4.74 Å². The molecule has 0 atom stereocenters. The van der Waals surface area contributed by atoms with E-state index < -0.39 is 0 Å². The molecule has 23 heavy (non-hydrogen) atoms. The summed E-state index contributed by atoms with van der Waals surface area (Å²) in [5, 5.41) is 7.84. The fourth-order valence-electron chi connectivity index (χ4n) is 2.03. The van der Waals surface area contributed by atoms with Crippen LogP contribution in [0.4, 0.5) is 5.69 Å². The summed E-state index contributed by atoms with van der Waals surface area (Å²) >= 11 is 5.26. The highest BCUT2D eigenvalue weighted by Gasteiger charge is 2.02. The van der Waals surface area contributed by atoms with Gasteiger partial charge in [0.2, 0.25) is 0 Å². The third-order valence-electron chi connectivity index (χ3n) is 3.58. The van der Waals surface area contributed by atoms with Crippen LogP contribution in [0.25, 0.3) is 0 Å². The van der Waals surface area contributed by atoms with E-state index in [4.69, 9.17) is 17.0 Å². The van der Waals surface area contributed by atoms with Gasteiger partial charge in [0.25, 0.3) is 0 Å². The molecule has 0 aromatic heterocycles. The Morgan fingerprint density at radius 1 is 1.09 bits per heavy atom. The molecule has 0 bridgehead atoms. The Labute approximate surface area is 142 Å². The van der Waals surface area contributed by atoms with E-state index in [2.05, 4.69) is 47.9 Å². The normalized spacial score (nSPS) is 11.0. The minimum absolute atomic E-state index is 0.432. The fourth-order valence-corrected chi connectivity index (χ4v) is 2.19. The minimum Gasteiger partial charge on any atom is -0.497 e. The smallest absolute Gasteiger partial charge is 0.191 e. The lowest BCUT2D eigenvalue weighted by Crippen LogP contribution is -2.25. The Hall–Kier alpha value is -2.40. The van der Waals surface area contributed by atoms with Crippen molar-refractivity contribution in [2.75, 3.05) is 12.4 Å². The topological polar surface area (TPSA) is 45.6 Å².